The lowest BCUT2D eigenvalue weighted by Crippen LogP contribution is -2.44. The second kappa shape index (κ2) is 6.18. The van der Waals surface area contributed by atoms with Gasteiger partial charge in [-0.1, -0.05) is 0 Å². The van der Waals surface area contributed by atoms with Gasteiger partial charge in [-0.2, -0.15) is 5.10 Å². The summed E-state index contributed by atoms with van der Waals surface area (Å²) in [6.07, 6.45) is 2.83. The predicted octanol–water partition coefficient (Wildman–Crippen LogP) is 1.46. The van der Waals surface area contributed by atoms with Gasteiger partial charge in [-0.05, 0) is 52.9 Å². The van der Waals surface area contributed by atoms with Crippen LogP contribution in [0, 0.1) is 0 Å². The van der Waals surface area contributed by atoms with Gasteiger partial charge in [0.1, 0.15) is 6.04 Å². The molecule has 2 aromatic rings. The quantitative estimate of drug-likeness (QED) is 0.852. The molecule has 1 fully saturated rings. The van der Waals surface area contributed by atoms with Crippen LogP contribution in [0.4, 0.5) is 0 Å². The Hall–Kier alpha value is -1.93. The van der Waals surface area contributed by atoms with Crippen LogP contribution in [0.5, 0.6) is 0 Å². The highest BCUT2D eigenvalue weighted by Gasteiger charge is 2.34. The van der Waals surface area contributed by atoms with Gasteiger partial charge >= 0.3 is 0 Å². The zero-order chi connectivity index (χ0) is 16.7. The van der Waals surface area contributed by atoms with Gasteiger partial charge in [0.15, 0.2) is 10.4 Å². The molecule has 0 bridgehead atoms. The highest BCUT2D eigenvalue weighted by atomic mass is 79.9. The summed E-state index contributed by atoms with van der Waals surface area (Å²) in [5.41, 5.74) is 1.86. The smallest absolute Gasteiger partial charge is 0.287 e. The first-order valence-corrected chi connectivity index (χ1v) is 8.66. The number of hydrogen-bond acceptors (Lipinski definition) is 5. The third-order valence-electron chi connectivity index (χ3n) is 4.46. The normalized spacial score (nSPS) is 22.5. The molecule has 2 atom stereocenters. The Labute approximate surface area is 146 Å². The van der Waals surface area contributed by atoms with Gasteiger partial charge in [0.25, 0.3) is 11.5 Å². The number of carbonyl (C=O) groups excluding carboxylic acids is 1. The SMILES string of the molecule is O=C(NC1COCC1n1nc2c(cc1=O)CCC2)c1ccc(Br)o1. The number of carbonyl (C=O) groups is 1. The van der Waals surface area contributed by atoms with Gasteiger partial charge < -0.3 is 14.5 Å². The molecule has 1 saturated heterocycles. The molecule has 1 amide bonds. The zero-order valence-corrected chi connectivity index (χ0v) is 14.4. The van der Waals surface area contributed by atoms with Gasteiger partial charge in [-0.3, -0.25) is 9.59 Å². The molecule has 0 spiro atoms. The van der Waals surface area contributed by atoms with E-state index >= 15 is 0 Å². The van der Waals surface area contributed by atoms with Crippen molar-refractivity contribution in [3.05, 3.63) is 50.2 Å². The predicted molar refractivity (Wildman–Crippen MR) is 88.0 cm³/mol. The minimum atomic E-state index is -0.338. The summed E-state index contributed by atoms with van der Waals surface area (Å²) < 4.78 is 12.7. The number of amides is 1. The lowest BCUT2D eigenvalue weighted by molar-refractivity contribution is 0.0895. The summed E-state index contributed by atoms with van der Waals surface area (Å²) in [6, 6.07) is 4.27. The van der Waals surface area contributed by atoms with Crippen molar-refractivity contribution < 1.29 is 13.9 Å². The maximum Gasteiger partial charge on any atom is 0.287 e. The Morgan fingerprint density at radius 1 is 1.33 bits per heavy atom. The Bertz CT molecular complexity index is 844. The zero-order valence-electron chi connectivity index (χ0n) is 12.8. The van der Waals surface area contributed by atoms with E-state index in [9.17, 15) is 9.59 Å². The number of aromatic nitrogens is 2. The highest BCUT2D eigenvalue weighted by molar-refractivity contribution is 9.10. The van der Waals surface area contributed by atoms with E-state index in [0.717, 1.165) is 30.5 Å². The molecule has 4 rings (SSSR count). The third kappa shape index (κ3) is 2.80. The molecule has 1 aliphatic heterocycles. The van der Waals surface area contributed by atoms with Crippen molar-refractivity contribution in [1.29, 1.82) is 0 Å². The van der Waals surface area contributed by atoms with Crippen molar-refractivity contribution in [2.45, 2.75) is 31.3 Å². The van der Waals surface area contributed by atoms with E-state index in [0.29, 0.717) is 17.9 Å². The molecule has 2 aromatic heterocycles. The van der Waals surface area contributed by atoms with Gasteiger partial charge in [-0.15, -0.1) is 0 Å². The molecular formula is C16H16BrN3O4. The first-order chi connectivity index (χ1) is 11.6. The summed E-state index contributed by atoms with van der Waals surface area (Å²) >= 11 is 3.17. The van der Waals surface area contributed by atoms with Crippen LogP contribution in [0.1, 0.15) is 34.3 Å². The fourth-order valence-corrected chi connectivity index (χ4v) is 3.56. The number of nitrogens with one attached hydrogen (secondary N) is 1. The monoisotopic (exact) mass is 393 g/mol. The Morgan fingerprint density at radius 2 is 2.21 bits per heavy atom. The molecule has 0 aromatic carbocycles. The van der Waals surface area contributed by atoms with E-state index in [1.807, 2.05) is 0 Å². The van der Waals surface area contributed by atoms with Crippen LogP contribution in [0.3, 0.4) is 0 Å². The summed E-state index contributed by atoms with van der Waals surface area (Å²) in [5, 5.41) is 7.38. The first-order valence-electron chi connectivity index (χ1n) is 7.87. The standard InChI is InChI=1S/C16H16BrN3O4/c17-14-5-4-13(24-14)16(22)18-11-7-23-8-12(11)20-15(21)6-9-2-1-3-10(9)19-20/h4-6,11-12H,1-3,7-8H2,(H,18,22). The maximum absolute atomic E-state index is 12.4. The average Bonchev–Trinajstić information content (AvgIpc) is 3.27. The van der Waals surface area contributed by atoms with Crippen molar-refractivity contribution in [3.8, 4) is 0 Å². The third-order valence-corrected chi connectivity index (χ3v) is 4.89. The molecule has 1 N–H and O–H groups in total. The number of hydrogen-bond donors (Lipinski definition) is 1. The lowest BCUT2D eigenvalue weighted by Gasteiger charge is -2.20. The molecule has 0 saturated carbocycles. The number of furan rings is 1. The van der Waals surface area contributed by atoms with Crippen molar-refractivity contribution >= 4 is 21.8 Å². The Kier molecular flexibility index (Phi) is 4.01. The van der Waals surface area contributed by atoms with Crippen molar-refractivity contribution in [1.82, 2.24) is 15.1 Å². The van der Waals surface area contributed by atoms with E-state index in [1.54, 1.807) is 18.2 Å². The van der Waals surface area contributed by atoms with Crippen LogP contribution in [0.25, 0.3) is 0 Å². The molecular weight excluding hydrogens is 378 g/mol. The topological polar surface area (TPSA) is 86.4 Å². The Morgan fingerprint density at radius 3 is 3.00 bits per heavy atom. The molecule has 24 heavy (non-hydrogen) atoms. The van der Waals surface area contributed by atoms with Gasteiger partial charge in [0.2, 0.25) is 0 Å². The Balaban J connectivity index is 1.57. The van der Waals surface area contributed by atoms with E-state index in [1.165, 1.54) is 4.68 Å². The number of nitrogens with zero attached hydrogens (tertiary/aromatic N) is 2. The molecule has 7 nitrogen and oxygen atoms in total. The van der Waals surface area contributed by atoms with Crippen molar-refractivity contribution in [2.24, 2.45) is 0 Å². The molecule has 3 heterocycles. The van der Waals surface area contributed by atoms with Crippen LogP contribution < -0.4 is 10.9 Å². The van der Waals surface area contributed by atoms with Crippen LogP contribution in [0.2, 0.25) is 0 Å². The van der Waals surface area contributed by atoms with Crippen LogP contribution in [-0.2, 0) is 17.6 Å². The van der Waals surface area contributed by atoms with Crippen LogP contribution in [-0.4, -0.2) is 34.9 Å². The van der Waals surface area contributed by atoms with E-state index in [2.05, 4.69) is 26.3 Å². The largest absolute Gasteiger partial charge is 0.444 e. The summed E-state index contributed by atoms with van der Waals surface area (Å²) in [4.78, 5) is 24.7. The van der Waals surface area contributed by atoms with Crippen LogP contribution >= 0.6 is 15.9 Å². The fourth-order valence-electron chi connectivity index (χ4n) is 3.25. The average molecular weight is 394 g/mol. The number of aryl methyl sites for hydroxylation is 2. The molecule has 2 aliphatic rings. The van der Waals surface area contributed by atoms with E-state index in [-0.39, 0.29) is 29.3 Å². The number of fused-ring (bicyclic) bond motifs is 1. The van der Waals surface area contributed by atoms with Crippen molar-refractivity contribution in [2.75, 3.05) is 13.2 Å². The molecule has 1 aliphatic carbocycles. The van der Waals surface area contributed by atoms with Gasteiger partial charge in [-0.25, -0.2) is 4.68 Å². The minimum absolute atomic E-state index is 0.147. The first kappa shape index (κ1) is 15.6. The molecule has 8 heteroatoms. The van der Waals surface area contributed by atoms with Gasteiger partial charge in [0.05, 0.1) is 24.9 Å². The van der Waals surface area contributed by atoms with E-state index in [4.69, 9.17) is 9.15 Å². The highest BCUT2D eigenvalue weighted by Crippen LogP contribution is 2.22. The summed E-state index contributed by atoms with van der Waals surface area (Å²) in [5.74, 6) is -0.128. The lowest BCUT2D eigenvalue weighted by atomic mass is 10.1. The van der Waals surface area contributed by atoms with E-state index < -0.39 is 0 Å². The van der Waals surface area contributed by atoms with Gasteiger partial charge in [0, 0.05) is 6.07 Å². The fraction of sp³-hybridized carbons (Fsp3) is 0.438. The number of halogens is 1. The second-order valence-corrected chi connectivity index (χ2v) is 6.82. The second-order valence-electron chi connectivity index (χ2n) is 6.04. The maximum atomic E-state index is 12.4. The number of ether oxygens (including phenoxy) is 1. The molecule has 0 radical (unpaired) electrons. The number of rotatable bonds is 3. The molecule has 2 unspecified atom stereocenters. The summed E-state index contributed by atoms with van der Waals surface area (Å²) in [6.45, 7) is 0.683. The minimum Gasteiger partial charge on any atom is -0.444 e. The molecule has 126 valence electrons. The van der Waals surface area contributed by atoms with Crippen molar-refractivity contribution in [3.63, 3.8) is 0 Å². The van der Waals surface area contributed by atoms with Crippen LogP contribution in [0.15, 0.2) is 32.1 Å². The summed E-state index contributed by atoms with van der Waals surface area (Å²) in [7, 11) is 0.